The zero-order chi connectivity index (χ0) is 15.7. The fraction of sp³-hybridized carbons (Fsp3) is 0.417. The second-order valence-corrected chi connectivity index (χ2v) is 4.36. The highest BCUT2D eigenvalue weighted by Gasteiger charge is 2.72. The van der Waals surface area contributed by atoms with E-state index in [0.717, 1.165) is 0 Å². The van der Waals surface area contributed by atoms with Gasteiger partial charge in [-0.1, -0.05) is 18.2 Å². The van der Waals surface area contributed by atoms with Gasteiger partial charge in [0.15, 0.2) is 6.10 Å². The minimum atomic E-state index is -4.30. The van der Waals surface area contributed by atoms with Gasteiger partial charge >= 0.3 is 17.8 Å². The number of nitrogens with one attached hydrogen (secondary N) is 1. The third kappa shape index (κ3) is 2.68. The van der Waals surface area contributed by atoms with Gasteiger partial charge in [0.05, 0.1) is 6.61 Å². The molecule has 3 atom stereocenters. The van der Waals surface area contributed by atoms with Gasteiger partial charge < -0.3 is 24.8 Å². The molecule has 7 nitrogen and oxygen atoms in total. The van der Waals surface area contributed by atoms with Crippen LogP contribution in [-0.2, 0) is 9.47 Å². The van der Waals surface area contributed by atoms with Gasteiger partial charge in [-0.2, -0.15) is 8.78 Å². The van der Waals surface area contributed by atoms with E-state index in [1.807, 2.05) is 0 Å². The molecule has 9 heteroatoms. The number of para-hydroxylation sites is 1. The zero-order valence-corrected chi connectivity index (χ0v) is 10.6. The van der Waals surface area contributed by atoms with Crippen LogP contribution < -0.4 is 5.32 Å². The number of alkyl halides is 2. The van der Waals surface area contributed by atoms with Crippen molar-refractivity contribution in [3.8, 4) is 0 Å². The average Bonchev–Trinajstić information content (AvgIpc) is 2.60. The van der Waals surface area contributed by atoms with E-state index in [9.17, 15) is 18.7 Å². The van der Waals surface area contributed by atoms with E-state index < -0.39 is 36.8 Å². The Morgan fingerprint density at radius 3 is 2.57 bits per heavy atom. The molecule has 0 aromatic heterocycles. The summed E-state index contributed by atoms with van der Waals surface area (Å²) >= 11 is 0. The molecule has 1 fully saturated rings. The van der Waals surface area contributed by atoms with Crippen molar-refractivity contribution in [1.29, 1.82) is 0 Å². The minimum Gasteiger partial charge on any atom is -0.407 e. The Bertz CT molecular complexity index is 514. The number of aliphatic hydroxyl groups excluding tert-OH is 2. The monoisotopic (exact) mass is 305 g/mol. The Kier molecular flexibility index (Phi) is 4.10. The standard InChI is InChI=1S/C12H13F2NO6/c13-11(14)9(17)20-8(6-16)12(11,19)21-10(18)15-7-4-2-1-3-5-7/h1-5,8-9,16-17,19H,6H2,(H,15,18)/t8-,9?,12+/m1/s1. The summed E-state index contributed by atoms with van der Waals surface area (Å²) in [4.78, 5) is 11.6. The molecule has 1 heterocycles. The molecule has 1 aromatic rings. The quantitative estimate of drug-likeness (QED) is 0.597. The molecule has 1 unspecified atom stereocenters. The van der Waals surface area contributed by atoms with Crippen LogP contribution in [0.25, 0.3) is 0 Å². The second-order valence-electron chi connectivity index (χ2n) is 4.36. The van der Waals surface area contributed by atoms with Gasteiger partial charge in [0, 0.05) is 5.69 Å². The van der Waals surface area contributed by atoms with Gasteiger partial charge in [-0.3, -0.25) is 5.32 Å². The van der Waals surface area contributed by atoms with Crippen LogP contribution in [0.5, 0.6) is 0 Å². The van der Waals surface area contributed by atoms with Crippen molar-refractivity contribution in [1.82, 2.24) is 0 Å². The summed E-state index contributed by atoms with van der Waals surface area (Å²) in [5, 5.41) is 29.9. The summed E-state index contributed by atoms with van der Waals surface area (Å²) in [5.41, 5.74) is 0.245. The van der Waals surface area contributed by atoms with Crippen molar-refractivity contribution < 1.29 is 38.4 Å². The van der Waals surface area contributed by atoms with Gasteiger partial charge in [0.1, 0.15) is 0 Å². The Hall–Kier alpha value is -1.81. The molecule has 0 aliphatic carbocycles. The van der Waals surface area contributed by atoms with E-state index >= 15 is 0 Å². The van der Waals surface area contributed by atoms with Crippen LogP contribution in [0.1, 0.15) is 0 Å². The van der Waals surface area contributed by atoms with Crippen LogP contribution in [0.3, 0.4) is 0 Å². The number of carbonyl (C=O) groups excluding carboxylic acids is 1. The first-order chi connectivity index (χ1) is 9.81. The first kappa shape index (κ1) is 15.6. The zero-order valence-electron chi connectivity index (χ0n) is 10.6. The van der Waals surface area contributed by atoms with Crippen molar-refractivity contribution in [2.45, 2.75) is 24.1 Å². The van der Waals surface area contributed by atoms with Crippen molar-refractivity contribution in [2.24, 2.45) is 0 Å². The minimum absolute atomic E-state index is 0.245. The molecule has 1 aromatic carbocycles. The van der Waals surface area contributed by atoms with Gasteiger partial charge in [-0.05, 0) is 12.1 Å². The first-order valence-electron chi connectivity index (χ1n) is 5.91. The van der Waals surface area contributed by atoms with Crippen molar-refractivity contribution in [2.75, 3.05) is 11.9 Å². The molecular weight excluding hydrogens is 292 g/mol. The Labute approximate surface area is 117 Å². The molecule has 116 valence electrons. The number of hydrogen-bond acceptors (Lipinski definition) is 6. The van der Waals surface area contributed by atoms with E-state index in [4.69, 9.17) is 10.2 Å². The summed E-state index contributed by atoms with van der Waals surface area (Å²) in [6, 6.07) is 7.76. The molecule has 2 rings (SSSR count). The van der Waals surface area contributed by atoms with E-state index in [-0.39, 0.29) is 5.69 Å². The van der Waals surface area contributed by atoms with Gasteiger partial charge in [0.25, 0.3) is 0 Å². The van der Waals surface area contributed by atoms with Crippen LogP contribution in [0.2, 0.25) is 0 Å². The third-order valence-corrected chi connectivity index (χ3v) is 2.95. The number of benzene rings is 1. The number of carbonyl (C=O) groups is 1. The average molecular weight is 305 g/mol. The molecular formula is C12H13F2NO6. The smallest absolute Gasteiger partial charge is 0.407 e. The van der Waals surface area contributed by atoms with Gasteiger partial charge in [0.2, 0.25) is 6.29 Å². The fourth-order valence-electron chi connectivity index (χ4n) is 1.83. The first-order valence-corrected chi connectivity index (χ1v) is 5.91. The molecule has 1 saturated heterocycles. The van der Waals surface area contributed by atoms with Crippen molar-refractivity contribution in [3.05, 3.63) is 30.3 Å². The normalized spacial score (nSPS) is 30.9. The molecule has 0 saturated carbocycles. The molecule has 1 aliphatic rings. The maximum Gasteiger partial charge on any atom is 0.414 e. The Morgan fingerprint density at radius 1 is 1.38 bits per heavy atom. The number of hydrogen-bond donors (Lipinski definition) is 4. The number of rotatable bonds is 3. The molecule has 0 radical (unpaired) electrons. The highest BCUT2D eigenvalue weighted by Crippen LogP contribution is 2.44. The van der Waals surface area contributed by atoms with Crippen LogP contribution in [0, 0.1) is 0 Å². The van der Waals surface area contributed by atoms with Crippen LogP contribution in [0.15, 0.2) is 30.3 Å². The second kappa shape index (κ2) is 5.53. The predicted molar refractivity (Wildman–Crippen MR) is 64.4 cm³/mol. The molecule has 0 bridgehead atoms. The summed E-state index contributed by atoms with van der Waals surface area (Å²) in [5.74, 6) is -7.78. The molecule has 1 aliphatic heterocycles. The van der Waals surface area contributed by atoms with Gasteiger partial charge in [-0.15, -0.1) is 0 Å². The summed E-state index contributed by atoms with van der Waals surface area (Å²) in [6.45, 7) is -1.08. The van der Waals surface area contributed by atoms with E-state index in [1.54, 1.807) is 18.2 Å². The largest absolute Gasteiger partial charge is 0.414 e. The lowest BCUT2D eigenvalue weighted by Crippen LogP contribution is -2.57. The van der Waals surface area contributed by atoms with E-state index in [1.165, 1.54) is 12.1 Å². The van der Waals surface area contributed by atoms with Gasteiger partial charge in [-0.25, -0.2) is 4.79 Å². The lowest BCUT2D eigenvalue weighted by Gasteiger charge is -2.30. The number of amides is 1. The Morgan fingerprint density at radius 2 is 2.00 bits per heavy atom. The topological polar surface area (TPSA) is 108 Å². The highest BCUT2D eigenvalue weighted by atomic mass is 19.3. The lowest BCUT2D eigenvalue weighted by atomic mass is 10.1. The lowest BCUT2D eigenvalue weighted by molar-refractivity contribution is -0.297. The van der Waals surface area contributed by atoms with Crippen molar-refractivity contribution in [3.63, 3.8) is 0 Å². The maximum absolute atomic E-state index is 13.7. The predicted octanol–water partition coefficient (Wildman–Crippen LogP) is 0.269. The Balaban J connectivity index is 2.14. The summed E-state index contributed by atoms with van der Waals surface area (Å²) in [6.07, 6.45) is -6.08. The highest BCUT2D eigenvalue weighted by molar-refractivity contribution is 5.84. The molecule has 21 heavy (non-hydrogen) atoms. The molecule has 4 N–H and O–H groups in total. The summed E-state index contributed by atoms with van der Waals surface area (Å²) in [7, 11) is 0. The van der Waals surface area contributed by atoms with Crippen LogP contribution >= 0.6 is 0 Å². The SMILES string of the molecule is O=C(Nc1ccccc1)O[C@@]1(O)[C@@H](CO)OC(O)C1(F)F. The number of halogens is 2. The molecule has 1 amide bonds. The van der Waals surface area contributed by atoms with E-state index in [0.29, 0.717) is 0 Å². The number of anilines is 1. The van der Waals surface area contributed by atoms with E-state index in [2.05, 4.69) is 14.8 Å². The maximum atomic E-state index is 13.7. The third-order valence-electron chi connectivity index (χ3n) is 2.95. The van der Waals surface area contributed by atoms with Crippen LogP contribution in [0.4, 0.5) is 19.3 Å². The van der Waals surface area contributed by atoms with Crippen molar-refractivity contribution >= 4 is 11.8 Å². The number of ether oxygens (including phenoxy) is 2. The number of aliphatic hydroxyl groups is 3. The van der Waals surface area contributed by atoms with Crippen LogP contribution in [-0.4, -0.2) is 52.1 Å². The fourth-order valence-corrected chi connectivity index (χ4v) is 1.83. The molecule has 0 spiro atoms. The summed E-state index contributed by atoms with van der Waals surface area (Å²) < 4.78 is 36.0.